The Morgan fingerprint density at radius 1 is 1.06 bits per heavy atom. The number of hydrogen-bond acceptors (Lipinski definition) is 3. The minimum absolute atomic E-state index is 0.421. The van der Waals surface area contributed by atoms with E-state index in [0.29, 0.717) is 12.4 Å². The highest BCUT2D eigenvalue weighted by Crippen LogP contribution is 2.14. The number of unbranched alkanes of at least 4 members (excludes halogenated alkanes) is 2. The predicted molar refractivity (Wildman–Crippen MR) is 71.9 cm³/mol. The third-order valence-electron chi connectivity index (χ3n) is 2.66. The number of aryl methyl sites for hydroxylation is 1. The minimum atomic E-state index is -0.621. The summed E-state index contributed by atoms with van der Waals surface area (Å²) in [5, 5.41) is 0. The Bertz CT molecular complexity index is 343. The summed E-state index contributed by atoms with van der Waals surface area (Å²) >= 11 is 0. The van der Waals surface area contributed by atoms with Gasteiger partial charge in [-0.15, -0.1) is 0 Å². The smallest absolute Gasteiger partial charge is 0.434 e. The van der Waals surface area contributed by atoms with Crippen molar-refractivity contribution in [2.24, 2.45) is 0 Å². The van der Waals surface area contributed by atoms with Crippen molar-refractivity contribution in [1.82, 2.24) is 0 Å². The van der Waals surface area contributed by atoms with Crippen molar-refractivity contribution in [3.63, 3.8) is 0 Å². The zero-order valence-electron chi connectivity index (χ0n) is 11.3. The molecule has 1 rings (SSSR count). The van der Waals surface area contributed by atoms with E-state index in [-0.39, 0.29) is 0 Å². The van der Waals surface area contributed by atoms with Gasteiger partial charge in [-0.05, 0) is 37.0 Å². The van der Waals surface area contributed by atoms with Crippen molar-refractivity contribution in [3.8, 4) is 5.75 Å². The fourth-order valence-corrected chi connectivity index (χ4v) is 1.53. The Balaban J connectivity index is 2.35. The van der Waals surface area contributed by atoms with Crippen LogP contribution in [0.1, 0.15) is 45.1 Å². The average molecular weight is 250 g/mol. The molecule has 1 aromatic rings. The van der Waals surface area contributed by atoms with Gasteiger partial charge in [-0.3, -0.25) is 0 Å². The number of hydrogen-bond donors (Lipinski definition) is 0. The van der Waals surface area contributed by atoms with E-state index in [1.165, 1.54) is 18.4 Å². The van der Waals surface area contributed by atoms with Crippen molar-refractivity contribution in [2.75, 3.05) is 6.61 Å². The minimum Gasteiger partial charge on any atom is -0.434 e. The summed E-state index contributed by atoms with van der Waals surface area (Å²) in [6.45, 7) is 4.64. The van der Waals surface area contributed by atoms with Crippen LogP contribution in [-0.4, -0.2) is 12.8 Å². The van der Waals surface area contributed by atoms with E-state index in [2.05, 4.69) is 6.92 Å². The first kappa shape index (κ1) is 14.6. The highest BCUT2D eigenvalue weighted by Gasteiger charge is 2.05. The van der Waals surface area contributed by atoms with Crippen LogP contribution in [0.25, 0.3) is 0 Å². The molecule has 0 aliphatic rings. The highest BCUT2D eigenvalue weighted by atomic mass is 16.7. The van der Waals surface area contributed by atoms with Crippen molar-refractivity contribution >= 4 is 6.16 Å². The quantitative estimate of drug-likeness (QED) is 0.410. The van der Waals surface area contributed by atoms with E-state index in [1.54, 1.807) is 0 Å². The number of carbonyl (C=O) groups excluding carboxylic acids is 1. The van der Waals surface area contributed by atoms with Crippen LogP contribution in [0.5, 0.6) is 5.75 Å². The molecule has 0 amide bonds. The molecule has 0 bridgehead atoms. The van der Waals surface area contributed by atoms with E-state index < -0.39 is 6.16 Å². The van der Waals surface area contributed by atoms with E-state index in [0.717, 1.165) is 19.3 Å². The molecule has 0 N–H and O–H groups in total. The summed E-state index contributed by atoms with van der Waals surface area (Å²) in [4.78, 5) is 11.3. The molecule has 0 fully saturated rings. The first-order chi connectivity index (χ1) is 8.76. The monoisotopic (exact) mass is 250 g/mol. The molecule has 0 aromatic heterocycles. The number of ether oxygens (including phenoxy) is 2. The SMILES string of the molecule is CCCCOC(=O)Oc1ccc(CCCC)cc1. The summed E-state index contributed by atoms with van der Waals surface area (Å²) < 4.78 is 9.98. The van der Waals surface area contributed by atoms with Crippen LogP contribution in [0.4, 0.5) is 4.79 Å². The lowest BCUT2D eigenvalue weighted by Crippen LogP contribution is -2.11. The van der Waals surface area contributed by atoms with Gasteiger partial charge in [0.25, 0.3) is 0 Å². The molecule has 3 heteroatoms. The van der Waals surface area contributed by atoms with Crippen LogP contribution in [0.3, 0.4) is 0 Å². The fourth-order valence-electron chi connectivity index (χ4n) is 1.53. The second kappa shape index (κ2) is 8.56. The Hall–Kier alpha value is -1.51. The first-order valence-electron chi connectivity index (χ1n) is 6.69. The molecule has 0 spiro atoms. The number of carbonyl (C=O) groups is 1. The lowest BCUT2D eigenvalue weighted by molar-refractivity contribution is 0.0978. The predicted octanol–water partition coefficient (Wildman–Crippen LogP) is 4.34. The van der Waals surface area contributed by atoms with Crippen LogP contribution >= 0.6 is 0 Å². The van der Waals surface area contributed by atoms with Gasteiger partial charge < -0.3 is 9.47 Å². The van der Waals surface area contributed by atoms with Gasteiger partial charge in [0.15, 0.2) is 0 Å². The Kier molecular flexibility index (Phi) is 6.92. The molecular formula is C15H22O3. The van der Waals surface area contributed by atoms with Crippen LogP contribution in [0.2, 0.25) is 0 Å². The van der Waals surface area contributed by atoms with Crippen LogP contribution < -0.4 is 4.74 Å². The number of rotatable bonds is 7. The van der Waals surface area contributed by atoms with Gasteiger partial charge >= 0.3 is 6.16 Å². The zero-order chi connectivity index (χ0) is 13.2. The second-order valence-corrected chi connectivity index (χ2v) is 4.30. The normalized spacial score (nSPS) is 10.1. The maximum absolute atomic E-state index is 11.3. The standard InChI is InChI=1S/C15H22O3/c1-3-5-7-13-8-10-14(11-9-13)18-15(16)17-12-6-4-2/h8-11H,3-7,12H2,1-2H3. The summed E-state index contributed by atoms with van der Waals surface area (Å²) in [5.74, 6) is 0.539. The van der Waals surface area contributed by atoms with Crippen molar-refractivity contribution in [1.29, 1.82) is 0 Å². The Morgan fingerprint density at radius 2 is 1.72 bits per heavy atom. The molecule has 100 valence electrons. The van der Waals surface area contributed by atoms with E-state index in [9.17, 15) is 4.79 Å². The molecule has 0 radical (unpaired) electrons. The van der Waals surface area contributed by atoms with Crippen molar-refractivity contribution in [2.45, 2.75) is 46.0 Å². The summed E-state index contributed by atoms with van der Waals surface area (Å²) in [6.07, 6.45) is 4.67. The van der Waals surface area contributed by atoms with Gasteiger partial charge in [-0.2, -0.15) is 0 Å². The molecule has 3 nitrogen and oxygen atoms in total. The van der Waals surface area contributed by atoms with Gasteiger partial charge in [0.05, 0.1) is 6.61 Å². The topological polar surface area (TPSA) is 35.5 Å². The molecule has 0 atom stereocenters. The molecule has 0 saturated heterocycles. The molecule has 0 heterocycles. The summed E-state index contributed by atoms with van der Waals surface area (Å²) in [7, 11) is 0. The zero-order valence-corrected chi connectivity index (χ0v) is 11.3. The van der Waals surface area contributed by atoms with E-state index in [1.807, 2.05) is 31.2 Å². The lowest BCUT2D eigenvalue weighted by Gasteiger charge is -2.06. The molecule has 0 saturated carbocycles. The van der Waals surface area contributed by atoms with Gasteiger partial charge in [-0.25, -0.2) is 4.79 Å². The second-order valence-electron chi connectivity index (χ2n) is 4.30. The molecule has 0 aliphatic heterocycles. The van der Waals surface area contributed by atoms with Crippen LogP contribution in [-0.2, 0) is 11.2 Å². The Labute approximate surface area is 109 Å². The van der Waals surface area contributed by atoms with Crippen LogP contribution in [0.15, 0.2) is 24.3 Å². The van der Waals surface area contributed by atoms with Crippen molar-refractivity contribution < 1.29 is 14.3 Å². The average Bonchev–Trinajstić information content (AvgIpc) is 2.38. The van der Waals surface area contributed by atoms with E-state index in [4.69, 9.17) is 9.47 Å². The first-order valence-corrected chi connectivity index (χ1v) is 6.69. The van der Waals surface area contributed by atoms with Crippen molar-refractivity contribution in [3.05, 3.63) is 29.8 Å². The maximum atomic E-state index is 11.3. The van der Waals surface area contributed by atoms with Gasteiger partial charge in [-0.1, -0.05) is 38.8 Å². The molecular weight excluding hydrogens is 228 g/mol. The largest absolute Gasteiger partial charge is 0.513 e. The molecule has 1 aromatic carbocycles. The van der Waals surface area contributed by atoms with Crippen LogP contribution in [0, 0.1) is 0 Å². The molecule has 0 aliphatic carbocycles. The summed E-state index contributed by atoms with van der Waals surface area (Å²) in [6, 6.07) is 7.60. The number of benzene rings is 1. The van der Waals surface area contributed by atoms with Gasteiger partial charge in [0, 0.05) is 0 Å². The highest BCUT2D eigenvalue weighted by molar-refractivity contribution is 5.63. The molecule has 0 unspecified atom stereocenters. The third kappa shape index (κ3) is 5.71. The fraction of sp³-hybridized carbons (Fsp3) is 0.533. The molecule has 18 heavy (non-hydrogen) atoms. The van der Waals surface area contributed by atoms with E-state index >= 15 is 0 Å². The third-order valence-corrected chi connectivity index (χ3v) is 2.66. The lowest BCUT2D eigenvalue weighted by atomic mass is 10.1. The van der Waals surface area contributed by atoms with Gasteiger partial charge in [0.2, 0.25) is 0 Å². The Morgan fingerprint density at radius 3 is 2.33 bits per heavy atom. The van der Waals surface area contributed by atoms with Gasteiger partial charge in [0.1, 0.15) is 5.75 Å². The maximum Gasteiger partial charge on any atom is 0.513 e. The summed E-state index contributed by atoms with van der Waals surface area (Å²) in [5.41, 5.74) is 1.27.